The van der Waals surface area contributed by atoms with Crippen LogP contribution in [0.15, 0.2) is 42.5 Å². The van der Waals surface area contributed by atoms with Gasteiger partial charge in [-0.1, -0.05) is 42.5 Å². The van der Waals surface area contributed by atoms with Crippen LogP contribution in [0.5, 0.6) is 0 Å². The summed E-state index contributed by atoms with van der Waals surface area (Å²) in [5, 5.41) is 11.8. The molecule has 1 aliphatic heterocycles. The predicted molar refractivity (Wildman–Crippen MR) is 81.5 cm³/mol. The maximum absolute atomic E-state index is 11.9. The van der Waals surface area contributed by atoms with E-state index >= 15 is 0 Å². The molecule has 22 heavy (non-hydrogen) atoms. The van der Waals surface area contributed by atoms with E-state index in [0.29, 0.717) is 19.4 Å². The van der Waals surface area contributed by atoms with E-state index in [-0.39, 0.29) is 13.2 Å². The molecule has 1 aromatic carbocycles. The molecule has 0 spiro atoms. The fourth-order valence-electron chi connectivity index (χ4n) is 2.34. The molecule has 0 unspecified atom stereocenters. The van der Waals surface area contributed by atoms with E-state index in [2.05, 4.69) is 11.9 Å². The summed E-state index contributed by atoms with van der Waals surface area (Å²) in [6.07, 6.45) is -0.156. The lowest BCUT2D eigenvalue weighted by atomic mass is 10.1. The molecule has 0 saturated carbocycles. The van der Waals surface area contributed by atoms with Crippen LogP contribution in [-0.2, 0) is 11.3 Å². The second kappa shape index (κ2) is 7.49. The molecule has 6 nitrogen and oxygen atoms in total. The molecule has 2 rings (SSSR count). The van der Waals surface area contributed by atoms with E-state index in [1.165, 1.54) is 4.90 Å². The van der Waals surface area contributed by atoms with Gasteiger partial charge in [-0.2, -0.15) is 0 Å². The zero-order valence-corrected chi connectivity index (χ0v) is 12.3. The molecular formula is C16H20N2O4. The zero-order chi connectivity index (χ0) is 15.9. The number of alkyl carbamates (subject to hydrolysis) is 1. The van der Waals surface area contributed by atoms with Gasteiger partial charge < -0.3 is 20.1 Å². The molecule has 6 heteroatoms. The molecular weight excluding hydrogens is 284 g/mol. The minimum atomic E-state index is -0.987. The number of nitrogens with zero attached hydrogens (tertiary/aromatic N) is 1. The number of nitrogens with one attached hydrogen (secondary N) is 1. The molecule has 1 aromatic rings. The van der Waals surface area contributed by atoms with Crippen LogP contribution in [0.25, 0.3) is 0 Å². The number of carbonyl (C=O) groups excluding carboxylic acids is 1. The summed E-state index contributed by atoms with van der Waals surface area (Å²) >= 11 is 0. The molecule has 118 valence electrons. The van der Waals surface area contributed by atoms with Gasteiger partial charge in [-0.15, -0.1) is 0 Å². The highest BCUT2D eigenvalue weighted by Crippen LogP contribution is 2.16. The van der Waals surface area contributed by atoms with Crippen molar-refractivity contribution in [3.8, 4) is 0 Å². The quantitative estimate of drug-likeness (QED) is 0.841. The molecule has 0 aromatic heterocycles. The highest BCUT2D eigenvalue weighted by atomic mass is 16.5. The number of hydrogen-bond acceptors (Lipinski definition) is 3. The number of hydrogen-bond donors (Lipinski definition) is 2. The second-order valence-electron chi connectivity index (χ2n) is 5.25. The minimum Gasteiger partial charge on any atom is -0.465 e. The lowest BCUT2D eigenvalue weighted by Crippen LogP contribution is -2.45. The highest BCUT2D eigenvalue weighted by molar-refractivity contribution is 5.69. The van der Waals surface area contributed by atoms with Crippen LogP contribution in [0.3, 0.4) is 0 Å². The maximum Gasteiger partial charge on any atom is 0.408 e. The first kappa shape index (κ1) is 15.9. The van der Waals surface area contributed by atoms with E-state index in [1.54, 1.807) is 0 Å². The summed E-state index contributed by atoms with van der Waals surface area (Å²) in [7, 11) is 0. The number of ether oxygens (including phenoxy) is 1. The first-order valence-corrected chi connectivity index (χ1v) is 7.19. The SMILES string of the molecule is C=C1CCCN(C(=O)O)C[C@H]1NC(=O)OCc1ccccc1. The molecule has 1 aliphatic rings. The van der Waals surface area contributed by atoms with Gasteiger partial charge in [0.15, 0.2) is 0 Å². The van der Waals surface area contributed by atoms with Gasteiger partial charge in [-0.25, -0.2) is 9.59 Å². The highest BCUT2D eigenvalue weighted by Gasteiger charge is 2.25. The van der Waals surface area contributed by atoms with Crippen molar-refractivity contribution < 1.29 is 19.4 Å². The number of benzene rings is 1. The van der Waals surface area contributed by atoms with Crippen LogP contribution < -0.4 is 5.32 Å². The molecule has 0 radical (unpaired) electrons. The van der Waals surface area contributed by atoms with Crippen molar-refractivity contribution in [2.24, 2.45) is 0 Å². The van der Waals surface area contributed by atoms with Crippen molar-refractivity contribution in [1.29, 1.82) is 0 Å². The smallest absolute Gasteiger partial charge is 0.408 e. The van der Waals surface area contributed by atoms with Crippen LogP contribution >= 0.6 is 0 Å². The molecule has 1 saturated heterocycles. The summed E-state index contributed by atoms with van der Waals surface area (Å²) in [5.74, 6) is 0. The summed E-state index contributed by atoms with van der Waals surface area (Å²) < 4.78 is 5.16. The summed E-state index contributed by atoms with van der Waals surface area (Å²) in [6.45, 7) is 4.76. The van der Waals surface area contributed by atoms with Crippen molar-refractivity contribution in [1.82, 2.24) is 10.2 Å². The molecule has 2 amide bonds. The largest absolute Gasteiger partial charge is 0.465 e. The minimum absolute atomic E-state index is 0.175. The average Bonchev–Trinajstić information content (AvgIpc) is 2.69. The van der Waals surface area contributed by atoms with Crippen molar-refractivity contribution >= 4 is 12.2 Å². The Labute approximate surface area is 129 Å². The van der Waals surface area contributed by atoms with Gasteiger partial charge in [0.05, 0.1) is 6.04 Å². The Bertz CT molecular complexity index is 544. The van der Waals surface area contributed by atoms with Crippen molar-refractivity contribution in [2.75, 3.05) is 13.1 Å². The maximum atomic E-state index is 11.9. The van der Waals surface area contributed by atoms with E-state index in [4.69, 9.17) is 9.84 Å². The van der Waals surface area contributed by atoms with Crippen LogP contribution in [0.2, 0.25) is 0 Å². The molecule has 1 heterocycles. The molecule has 1 atom stereocenters. The normalized spacial score (nSPS) is 18.5. The van der Waals surface area contributed by atoms with Gasteiger partial charge in [0.2, 0.25) is 0 Å². The summed E-state index contributed by atoms with van der Waals surface area (Å²) in [6, 6.07) is 8.94. The number of amides is 2. The molecule has 1 fully saturated rings. The Hall–Kier alpha value is -2.50. The lowest BCUT2D eigenvalue weighted by molar-refractivity contribution is 0.128. The van der Waals surface area contributed by atoms with Gasteiger partial charge in [-0.05, 0) is 18.4 Å². The van der Waals surface area contributed by atoms with E-state index < -0.39 is 18.2 Å². The molecule has 0 aliphatic carbocycles. The number of carbonyl (C=O) groups is 2. The van der Waals surface area contributed by atoms with E-state index in [0.717, 1.165) is 11.1 Å². The van der Waals surface area contributed by atoms with Crippen molar-refractivity contribution in [3.05, 3.63) is 48.0 Å². The zero-order valence-electron chi connectivity index (χ0n) is 12.3. The van der Waals surface area contributed by atoms with Gasteiger partial charge in [0, 0.05) is 13.1 Å². The van der Waals surface area contributed by atoms with E-state index in [9.17, 15) is 9.59 Å². The lowest BCUT2D eigenvalue weighted by Gasteiger charge is -2.23. The standard InChI is InChI=1S/C16H20N2O4/c1-12-6-5-9-18(16(20)21)10-14(12)17-15(19)22-11-13-7-3-2-4-8-13/h2-4,7-8,14H,1,5-6,9-11H2,(H,17,19)(H,20,21)/t14-/m1/s1. The number of likely N-dealkylation sites (tertiary alicyclic amines) is 1. The van der Waals surface area contributed by atoms with Crippen molar-refractivity contribution in [2.45, 2.75) is 25.5 Å². The van der Waals surface area contributed by atoms with Gasteiger partial charge >= 0.3 is 12.2 Å². The van der Waals surface area contributed by atoms with E-state index in [1.807, 2.05) is 30.3 Å². The fraction of sp³-hybridized carbons (Fsp3) is 0.375. The van der Waals surface area contributed by atoms with Crippen LogP contribution in [-0.4, -0.2) is 41.3 Å². The molecule has 0 bridgehead atoms. The monoisotopic (exact) mass is 304 g/mol. The Kier molecular flexibility index (Phi) is 5.41. The van der Waals surface area contributed by atoms with Crippen LogP contribution in [0, 0.1) is 0 Å². The third kappa shape index (κ3) is 4.51. The van der Waals surface area contributed by atoms with Gasteiger partial charge in [0.1, 0.15) is 6.61 Å². The Morgan fingerprint density at radius 2 is 2.09 bits per heavy atom. The number of carboxylic acid groups (broad SMARTS) is 1. The second-order valence-corrected chi connectivity index (χ2v) is 5.25. The Morgan fingerprint density at radius 1 is 1.36 bits per heavy atom. The number of rotatable bonds is 3. The fourth-order valence-corrected chi connectivity index (χ4v) is 2.34. The molecule has 2 N–H and O–H groups in total. The van der Waals surface area contributed by atoms with Crippen LogP contribution in [0.1, 0.15) is 18.4 Å². The summed E-state index contributed by atoms with van der Waals surface area (Å²) in [4.78, 5) is 24.3. The van der Waals surface area contributed by atoms with Gasteiger partial charge in [0.25, 0.3) is 0 Å². The average molecular weight is 304 g/mol. The van der Waals surface area contributed by atoms with Crippen LogP contribution in [0.4, 0.5) is 9.59 Å². The Morgan fingerprint density at radius 3 is 2.77 bits per heavy atom. The van der Waals surface area contributed by atoms with Gasteiger partial charge in [-0.3, -0.25) is 0 Å². The third-order valence-electron chi connectivity index (χ3n) is 3.60. The first-order chi connectivity index (χ1) is 10.6. The predicted octanol–water partition coefficient (Wildman–Crippen LogP) is 2.61. The summed E-state index contributed by atoms with van der Waals surface area (Å²) in [5.41, 5.74) is 1.71. The first-order valence-electron chi connectivity index (χ1n) is 7.19. The topological polar surface area (TPSA) is 78.9 Å². The third-order valence-corrected chi connectivity index (χ3v) is 3.60. The van der Waals surface area contributed by atoms with Crippen molar-refractivity contribution in [3.63, 3.8) is 0 Å². The Balaban J connectivity index is 1.88.